The lowest BCUT2D eigenvalue weighted by Gasteiger charge is -2.22. The maximum Gasteiger partial charge on any atom is 0.231 e. The summed E-state index contributed by atoms with van der Waals surface area (Å²) in [4.78, 5) is 15.4. The molecule has 0 fully saturated rings. The predicted molar refractivity (Wildman–Crippen MR) is 76.2 cm³/mol. The summed E-state index contributed by atoms with van der Waals surface area (Å²) in [6, 6.07) is 8.37. The van der Waals surface area contributed by atoms with E-state index in [2.05, 4.69) is 17.0 Å². The van der Waals surface area contributed by atoms with Gasteiger partial charge in [-0.1, -0.05) is 6.92 Å². The van der Waals surface area contributed by atoms with Crippen LogP contribution in [0.1, 0.15) is 18.9 Å². The average Bonchev–Trinajstić information content (AvgIpc) is 2.70. The molecule has 0 radical (unpaired) electrons. The van der Waals surface area contributed by atoms with Crippen LogP contribution in [0.3, 0.4) is 0 Å². The SMILES string of the molecule is CCC(C#N)CN(C)c1ccc2c(c1)CC(=O)N2C. The van der Waals surface area contributed by atoms with E-state index in [0.29, 0.717) is 6.42 Å². The molecule has 2 rings (SSSR count). The second kappa shape index (κ2) is 5.31. The number of amides is 1. The zero-order valence-electron chi connectivity index (χ0n) is 11.7. The Morgan fingerprint density at radius 2 is 2.26 bits per heavy atom. The summed E-state index contributed by atoms with van der Waals surface area (Å²) in [6.45, 7) is 2.74. The van der Waals surface area contributed by atoms with Crippen LogP contribution < -0.4 is 9.80 Å². The molecule has 4 heteroatoms. The van der Waals surface area contributed by atoms with Gasteiger partial charge < -0.3 is 9.80 Å². The highest BCUT2D eigenvalue weighted by molar-refractivity contribution is 6.01. The van der Waals surface area contributed by atoms with Crippen LogP contribution in [0.4, 0.5) is 11.4 Å². The molecule has 0 aromatic heterocycles. The van der Waals surface area contributed by atoms with Crippen molar-refractivity contribution in [1.82, 2.24) is 0 Å². The van der Waals surface area contributed by atoms with Crippen molar-refractivity contribution in [2.24, 2.45) is 5.92 Å². The molecule has 19 heavy (non-hydrogen) atoms. The summed E-state index contributed by atoms with van der Waals surface area (Å²) >= 11 is 0. The lowest BCUT2D eigenvalue weighted by Crippen LogP contribution is -2.24. The molecule has 0 N–H and O–H groups in total. The molecule has 1 aliphatic rings. The quantitative estimate of drug-likeness (QED) is 0.830. The number of hydrogen-bond acceptors (Lipinski definition) is 3. The van der Waals surface area contributed by atoms with E-state index in [1.807, 2.05) is 26.1 Å². The third kappa shape index (κ3) is 2.55. The van der Waals surface area contributed by atoms with E-state index in [-0.39, 0.29) is 11.8 Å². The lowest BCUT2D eigenvalue weighted by molar-refractivity contribution is -0.117. The van der Waals surface area contributed by atoms with Crippen LogP contribution in [-0.4, -0.2) is 26.5 Å². The van der Waals surface area contributed by atoms with Crippen molar-refractivity contribution in [1.29, 1.82) is 5.26 Å². The van der Waals surface area contributed by atoms with Crippen LogP contribution in [0, 0.1) is 17.2 Å². The maximum atomic E-state index is 11.7. The van der Waals surface area contributed by atoms with E-state index in [4.69, 9.17) is 5.26 Å². The Hall–Kier alpha value is -2.02. The normalized spacial score (nSPS) is 15.1. The third-order valence-electron chi connectivity index (χ3n) is 3.75. The smallest absolute Gasteiger partial charge is 0.231 e. The van der Waals surface area contributed by atoms with Crippen LogP contribution in [0.15, 0.2) is 18.2 Å². The predicted octanol–water partition coefficient (Wildman–Crippen LogP) is 2.19. The van der Waals surface area contributed by atoms with Gasteiger partial charge in [0.25, 0.3) is 0 Å². The molecule has 1 unspecified atom stereocenters. The van der Waals surface area contributed by atoms with Gasteiger partial charge in [-0.05, 0) is 30.2 Å². The number of anilines is 2. The Kier molecular flexibility index (Phi) is 3.75. The van der Waals surface area contributed by atoms with Gasteiger partial charge in [-0.2, -0.15) is 5.26 Å². The molecule has 1 atom stereocenters. The van der Waals surface area contributed by atoms with E-state index in [1.54, 1.807) is 11.9 Å². The van der Waals surface area contributed by atoms with E-state index in [0.717, 1.165) is 29.9 Å². The maximum absolute atomic E-state index is 11.7. The lowest BCUT2D eigenvalue weighted by atomic mass is 10.1. The van der Waals surface area contributed by atoms with Gasteiger partial charge in [0, 0.05) is 32.0 Å². The van der Waals surface area contributed by atoms with Gasteiger partial charge in [-0.15, -0.1) is 0 Å². The third-order valence-corrected chi connectivity index (χ3v) is 3.75. The first-order valence-electron chi connectivity index (χ1n) is 6.57. The highest BCUT2D eigenvalue weighted by Gasteiger charge is 2.24. The molecule has 1 aromatic carbocycles. The molecule has 0 saturated heterocycles. The number of benzene rings is 1. The minimum Gasteiger partial charge on any atom is -0.373 e. The molecule has 1 amide bonds. The first-order valence-corrected chi connectivity index (χ1v) is 6.57. The number of hydrogen-bond donors (Lipinski definition) is 0. The van der Waals surface area contributed by atoms with Crippen molar-refractivity contribution in [3.63, 3.8) is 0 Å². The van der Waals surface area contributed by atoms with Crippen LogP contribution >= 0.6 is 0 Å². The zero-order chi connectivity index (χ0) is 14.0. The van der Waals surface area contributed by atoms with E-state index >= 15 is 0 Å². The van der Waals surface area contributed by atoms with Crippen molar-refractivity contribution in [2.45, 2.75) is 19.8 Å². The van der Waals surface area contributed by atoms with Gasteiger partial charge in [-0.3, -0.25) is 4.79 Å². The van der Waals surface area contributed by atoms with Gasteiger partial charge in [0.1, 0.15) is 0 Å². The topological polar surface area (TPSA) is 47.3 Å². The summed E-state index contributed by atoms with van der Waals surface area (Å²) < 4.78 is 0. The number of carbonyl (C=O) groups excluding carboxylic acids is 1. The van der Waals surface area contributed by atoms with Crippen molar-refractivity contribution >= 4 is 17.3 Å². The van der Waals surface area contributed by atoms with Crippen molar-refractivity contribution in [3.05, 3.63) is 23.8 Å². The number of rotatable bonds is 4. The molecule has 4 nitrogen and oxygen atoms in total. The number of likely N-dealkylation sites (N-methyl/N-ethyl adjacent to an activating group) is 1. The summed E-state index contributed by atoms with van der Waals surface area (Å²) in [6.07, 6.45) is 1.33. The van der Waals surface area contributed by atoms with E-state index in [1.165, 1.54) is 0 Å². The fraction of sp³-hybridized carbons (Fsp3) is 0.467. The second-order valence-corrected chi connectivity index (χ2v) is 5.06. The van der Waals surface area contributed by atoms with Crippen LogP contribution in [0.2, 0.25) is 0 Å². The number of fused-ring (bicyclic) bond motifs is 1. The van der Waals surface area contributed by atoms with Gasteiger partial charge in [0.05, 0.1) is 18.4 Å². The number of nitriles is 1. The van der Waals surface area contributed by atoms with E-state index < -0.39 is 0 Å². The van der Waals surface area contributed by atoms with Crippen molar-refractivity contribution < 1.29 is 4.79 Å². The molecule has 0 saturated carbocycles. The van der Waals surface area contributed by atoms with Gasteiger partial charge in [0.15, 0.2) is 0 Å². The Morgan fingerprint density at radius 3 is 2.89 bits per heavy atom. The van der Waals surface area contributed by atoms with Gasteiger partial charge >= 0.3 is 0 Å². The molecular formula is C15H19N3O. The summed E-state index contributed by atoms with van der Waals surface area (Å²) in [5, 5.41) is 9.02. The average molecular weight is 257 g/mol. The molecule has 0 aliphatic carbocycles. The van der Waals surface area contributed by atoms with Crippen LogP contribution in [0.5, 0.6) is 0 Å². The standard InChI is InChI=1S/C15H19N3O/c1-4-11(9-16)10-17(2)13-5-6-14-12(7-13)8-15(19)18(14)3/h5-7,11H,4,8,10H2,1-3H3. The zero-order valence-corrected chi connectivity index (χ0v) is 11.7. The molecule has 1 aromatic rings. The first-order chi connectivity index (χ1) is 9.06. The van der Waals surface area contributed by atoms with E-state index in [9.17, 15) is 4.79 Å². The number of nitrogens with zero attached hydrogens (tertiary/aromatic N) is 3. The largest absolute Gasteiger partial charge is 0.373 e. The summed E-state index contributed by atoms with van der Waals surface area (Å²) in [5.41, 5.74) is 3.13. The molecule has 100 valence electrons. The molecular weight excluding hydrogens is 238 g/mol. The number of carbonyl (C=O) groups is 1. The minimum absolute atomic E-state index is 0.0440. The Bertz CT molecular complexity index is 533. The Morgan fingerprint density at radius 1 is 1.53 bits per heavy atom. The van der Waals surface area contributed by atoms with Gasteiger partial charge in [-0.25, -0.2) is 0 Å². The Balaban J connectivity index is 2.18. The monoisotopic (exact) mass is 257 g/mol. The van der Waals surface area contributed by atoms with Gasteiger partial charge in [0.2, 0.25) is 5.91 Å². The Labute approximate surface area is 114 Å². The molecule has 0 spiro atoms. The van der Waals surface area contributed by atoms with Crippen LogP contribution in [0.25, 0.3) is 0 Å². The van der Waals surface area contributed by atoms with Crippen LogP contribution in [-0.2, 0) is 11.2 Å². The second-order valence-electron chi connectivity index (χ2n) is 5.06. The summed E-state index contributed by atoms with van der Waals surface area (Å²) in [5.74, 6) is 0.181. The van der Waals surface area contributed by atoms with Crippen molar-refractivity contribution in [3.8, 4) is 6.07 Å². The first kappa shape index (κ1) is 13.4. The van der Waals surface area contributed by atoms with Crippen molar-refractivity contribution in [2.75, 3.05) is 30.4 Å². The highest BCUT2D eigenvalue weighted by Crippen LogP contribution is 2.31. The fourth-order valence-corrected chi connectivity index (χ4v) is 2.39. The summed E-state index contributed by atoms with van der Waals surface area (Å²) in [7, 11) is 3.79. The fourth-order valence-electron chi connectivity index (χ4n) is 2.39. The molecule has 0 bridgehead atoms. The minimum atomic E-state index is 0.0440. The highest BCUT2D eigenvalue weighted by atomic mass is 16.2. The molecule has 1 heterocycles. The molecule has 1 aliphatic heterocycles.